The second-order valence-electron chi connectivity index (χ2n) is 7.59. The molecule has 0 fully saturated rings. The highest BCUT2D eigenvalue weighted by Crippen LogP contribution is 2.42. The summed E-state index contributed by atoms with van der Waals surface area (Å²) in [7, 11) is -3.13. The fourth-order valence-corrected chi connectivity index (χ4v) is 9.27. The molecule has 0 spiro atoms. The molecule has 0 aromatic heterocycles. The van der Waals surface area contributed by atoms with Crippen LogP contribution in [-0.4, -0.2) is 28.9 Å². The van der Waals surface area contributed by atoms with Crippen LogP contribution in [0.3, 0.4) is 0 Å². The van der Waals surface area contributed by atoms with Crippen LogP contribution in [-0.2, 0) is 4.43 Å². The molecule has 19 heavy (non-hydrogen) atoms. The lowest BCUT2D eigenvalue weighted by Crippen LogP contribution is -2.50. The second kappa shape index (κ2) is 7.18. The molecule has 0 N–H and O–H groups in total. The van der Waals surface area contributed by atoms with Gasteiger partial charge in [0.1, 0.15) is 0 Å². The summed E-state index contributed by atoms with van der Waals surface area (Å²) in [6.45, 7) is 22.9. The molecule has 114 valence electrons. The van der Waals surface area contributed by atoms with E-state index in [1.54, 1.807) is 0 Å². The first-order valence-corrected chi connectivity index (χ1v) is 13.2. The van der Waals surface area contributed by atoms with E-state index in [-0.39, 0.29) is 6.10 Å². The summed E-state index contributed by atoms with van der Waals surface area (Å²) >= 11 is 0. The van der Waals surface area contributed by atoms with E-state index in [1.165, 1.54) is 0 Å². The zero-order chi connectivity index (χ0) is 15.4. The molecule has 0 saturated carbocycles. The van der Waals surface area contributed by atoms with Crippen molar-refractivity contribution in [2.24, 2.45) is 4.66 Å². The van der Waals surface area contributed by atoms with Gasteiger partial charge >= 0.3 is 0 Å². The Morgan fingerprint density at radius 1 is 0.789 bits per heavy atom. The van der Waals surface area contributed by atoms with Crippen molar-refractivity contribution in [3.05, 3.63) is 0 Å². The SMILES string of the molecule is CC(/C=N/[Si](C)(C)C)O[Si](C(C)C)(C(C)C)C(C)C. The van der Waals surface area contributed by atoms with Crippen LogP contribution in [0.1, 0.15) is 48.5 Å². The maximum atomic E-state index is 6.63. The first-order valence-electron chi connectivity index (χ1n) is 7.66. The summed E-state index contributed by atoms with van der Waals surface area (Å²) in [6.07, 6.45) is 2.20. The molecule has 0 aliphatic heterocycles. The molecule has 0 aliphatic carbocycles. The molecule has 4 heteroatoms. The van der Waals surface area contributed by atoms with Gasteiger partial charge in [0.05, 0.1) is 6.10 Å². The molecule has 0 aromatic rings. The summed E-state index contributed by atoms with van der Waals surface area (Å²) in [5.74, 6) is 0. The van der Waals surface area contributed by atoms with Crippen molar-refractivity contribution in [1.29, 1.82) is 0 Å². The third kappa shape index (κ3) is 5.52. The van der Waals surface area contributed by atoms with E-state index in [0.717, 1.165) is 0 Å². The molecule has 2 nitrogen and oxygen atoms in total. The van der Waals surface area contributed by atoms with Crippen LogP contribution in [0.15, 0.2) is 4.66 Å². The standard InChI is InChI=1S/C15H35NOSi2/c1-12(2)19(13(3)4,14(5)6)17-15(7)11-16-18(8,9)10/h11-15H,1-10H3/b16-11+. The van der Waals surface area contributed by atoms with Gasteiger partial charge in [-0.1, -0.05) is 41.5 Å². The molecule has 0 rings (SSSR count). The zero-order valence-corrected chi connectivity index (χ0v) is 16.7. The largest absolute Gasteiger partial charge is 0.409 e. The zero-order valence-electron chi connectivity index (χ0n) is 14.7. The third-order valence-corrected chi connectivity index (χ3v) is 10.9. The van der Waals surface area contributed by atoms with Crippen LogP contribution in [0.25, 0.3) is 0 Å². The van der Waals surface area contributed by atoms with Crippen molar-refractivity contribution in [3.63, 3.8) is 0 Å². The topological polar surface area (TPSA) is 21.6 Å². The molecule has 0 bridgehead atoms. The lowest BCUT2D eigenvalue weighted by Gasteiger charge is -2.43. The van der Waals surface area contributed by atoms with Gasteiger partial charge in [-0.05, 0) is 43.2 Å². The highest BCUT2D eigenvalue weighted by Gasteiger charge is 2.45. The first kappa shape index (κ1) is 19.1. The van der Waals surface area contributed by atoms with E-state index in [9.17, 15) is 0 Å². The quantitative estimate of drug-likeness (QED) is 0.451. The number of rotatable bonds is 7. The van der Waals surface area contributed by atoms with E-state index in [2.05, 4.69) is 74.3 Å². The molecule has 0 aliphatic rings. The van der Waals surface area contributed by atoms with Crippen LogP contribution < -0.4 is 0 Å². The first-order chi connectivity index (χ1) is 8.43. The van der Waals surface area contributed by atoms with Crippen LogP contribution in [0.2, 0.25) is 36.3 Å². The van der Waals surface area contributed by atoms with Gasteiger partial charge in [0, 0.05) is 6.21 Å². The van der Waals surface area contributed by atoms with Gasteiger partial charge in [0.25, 0.3) is 0 Å². The molecule has 0 amide bonds. The van der Waals surface area contributed by atoms with Crippen LogP contribution in [0.5, 0.6) is 0 Å². The summed E-state index contributed by atoms with van der Waals surface area (Å²) in [6, 6.07) is 0. The van der Waals surface area contributed by atoms with E-state index >= 15 is 0 Å². The van der Waals surface area contributed by atoms with Crippen molar-refractivity contribution in [3.8, 4) is 0 Å². The van der Waals surface area contributed by atoms with E-state index in [1.807, 2.05) is 0 Å². The fraction of sp³-hybridized carbons (Fsp3) is 0.933. The minimum Gasteiger partial charge on any atom is -0.409 e. The summed E-state index contributed by atoms with van der Waals surface area (Å²) < 4.78 is 11.4. The lowest BCUT2D eigenvalue weighted by atomic mass is 10.5. The summed E-state index contributed by atoms with van der Waals surface area (Å²) in [5, 5.41) is 0. The normalized spacial score (nSPS) is 16.1. The monoisotopic (exact) mass is 301 g/mol. The summed E-state index contributed by atoms with van der Waals surface area (Å²) in [4.78, 5) is 0. The van der Waals surface area contributed by atoms with Gasteiger partial charge in [-0.3, -0.25) is 0 Å². The molecule has 0 saturated heterocycles. The Bertz CT molecular complexity index is 271. The van der Waals surface area contributed by atoms with Crippen molar-refractivity contribution in [2.45, 2.75) is 90.8 Å². The maximum absolute atomic E-state index is 6.63. The molecule has 1 atom stereocenters. The van der Waals surface area contributed by atoms with Crippen molar-refractivity contribution >= 4 is 22.8 Å². The lowest BCUT2D eigenvalue weighted by molar-refractivity contribution is 0.253. The van der Waals surface area contributed by atoms with Gasteiger partial charge in [-0.25, -0.2) is 0 Å². The average molecular weight is 302 g/mol. The highest BCUT2D eigenvalue weighted by atomic mass is 28.4. The smallest absolute Gasteiger partial charge is 0.201 e. The molecule has 1 unspecified atom stereocenters. The second-order valence-corrected chi connectivity index (χ2v) is 17.6. The van der Waals surface area contributed by atoms with Gasteiger partial charge in [0.2, 0.25) is 8.32 Å². The number of hydrogen-bond donors (Lipinski definition) is 0. The predicted molar refractivity (Wildman–Crippen MR) is 93.4 cm³/mol. The maximum Gasteiger partial charge on any atom is 0.201 e. The average Bonchev–Trinajstić information content (AvgIpc) is 2.20. The highest BCUT2D eigenvalue weighted by molar-refractivity contribution is 6.78. The summed E-state index contributed by atoms with van der Waals surface area (Å²) in [5.41, 5.74) is 1.90. The predicted octanol–water partition coefficient (Wildman–Crippen LogP) is 5.47. The Kier molecular flexibility index (Phi) is 7.21. The molecule has 0 heterocycles. The van der Waals surface area contributed by atoms with Crippen LogP contribution in [0, 0.1) is 0 Å². The molecular formula is C15H35NOSi2. The fourth-order valence-electron chi connectivity index (χ4n) is 3.09. The van der Waals surface area contributed by atoms with Crippen LogP contribution in [0.4, 0.5) is 0 Å². The van der Waals surface area contributed by atoms with Crippen molar-refractivity contribution < 1.29 is 4.43 Å². The minimum atomic E-state index is -1.76. The number of hydrogen-bond acceptors (Lipinski definition) is 2. The number of nitrogens with zero attached hydrogens (tertiary/aromatic N) is 1. The van der Waals surface area contributed by atoms with Crippen LogP contribution >= 0.6 is 0 Å². The Labute approximate surface area is 123 Å². The Morgan fingerprint density at radius 3 is 1.42 bits per heavy atom. The van der Waals surface area contributed by atoms with E-state index in [4.69, 9.17) is 9.08 Å². The van der Waals surface area contributed by atoms with Gasteiger partial charge in [-0.2, -0.15) is 0 Å². The molecule has 0 aromatic carbocycles. The third-order valence-electron chi connectivity index (χ3n) is 3.77. The Balaban J connectivity index is 5.09. The van der Waals surface area contributed by atoms with Crippen molar-refractivity contribution in [2.75, 3.05) is 0 Å². The van der Waals surface area contributed by atoms with Crippen molar-refractivity contribution in [1.82, 2.24) is 0 Å². The molecular weight excluding hydrogens is 266 g/mol. The molecule has 0 radical (unpaired) electrons. The van der Waals surface area contributed by atoms with Gasteiger partial charge in [0.15, 0.2) is 8.24 Å². The van der Waals surface area contributed by atoms with Gasteiger partial charge < -0.3 is 9.08 Å². The van der Waals surface area contributed by atoms with E-state index in [0.29, 0.717) is 16.6 Å². The van der Waals surface area contributed by atoms with Gasteiger partial charge in [-0.15, -0.1) is 0 Å². The Hall–Kier alpha value is 0.0638. The van der Waals surface area contributed by atoms with E-state index < -0.39 is 16.6 Å². The Morgan fingerprint density at radius 2 is 1.16 bits per heavy atom. The minimum absolute atomic E-state index is 0.144.